The summed E-state index contributed by atoms with van der Waals surface area (Å²) in [5.74, 6) is -3.34. The van der Waals surface area contributed by atoms with Gasteiger partial charge < -0.3 is 31.2 Å². The van der Waals surface area contributed by atoms with Crippen LogP contribution in [0.25, 0.3) is 0 Å². The second-order valence-corrected chi connectivity index (χ2v) is 11.4. The van der Waals surface area contributed by atoms with Gasteiger partial charge in [-0.05, 0) is 65.9 Å². The number of hydrogen-bond acceptors (Lipinski definition) is 7. The maximum Gasteiger partial charge on any atom is 0.407 e. The highest BCUT2D eigenvalue weighted by Gasteiger charge is 2.29. The molecule has 4 aromatic rings. The summed E-state index contributed by atoms with van der Waals surface area (Å²) in [5, 5.41) is 8.52. The highest BCUT2D eigenvalue weighted by Crippen LogP contribution is 2.29. The average Bonchev–Trinajstić information content (AvgIpc) is 3.08. The molecule has 252 valence electrons. The first-order chi connectivity index (χ1) is 23.2. The van der Waals surface area contributed by atoms with Gasteiger partial charge in [-0.1, -0.05) is 36.4 Å². The van der Waals surface area contributed by atoms with Crippen LogP contribution in [0.4, 0.5) is 28.0 Å². The van der Waals surface area contributed by atoms with Crippen LogP contribution in [0, 0.1) is 23.3 Å². The Kier molecular flexibility index (Phi) is 11.7. The van der Waals surface area contributed by atoms with Gasteiger partial charge in [0.25, 0.3) is 0 Å². The third kappa shape index (κ3) is 9.37. The first-order valence-corrected chi connectivity index (χ1v) is 15.4. The SMILES string of the molecule is NC(C(=O)Nc1cncc(F)c1CC[C@@H]1CNC[C@@H](COC(=O)NCc2ccc(F)cc2)O1)C(c1ccc(F)cc1)c1ccc(F)cc1. The van der Waals surface area contributed by atoms with Crippen molar-refractivity contribution in [3.63, 3.8) is 0 Å². The second-order valence-electron chi connectivity index (χ2n) is 11.4. The molecule has 2 heterocycles. The molecule has 0 aliphatic carbocycles. The minimum atomic E-state index is -1.21. The highest BCUT2D eigenvalue weighted by atomic mass is 19.1. The van der Waals surface area contributed by atoms with Gasteiger partial charge in [-0.25, -0.2) is 22.4 Å². The minimum absolute atomic E-state index is 0.0230. The number of anilines is 1. The standard InChI is InChI=1S/C35H35F4N5O4/c36-24-7-1-21(2-8-24)15-43-35(46)47-20-28-17-41-16-27(48-28)13-14-29-30(39)18-42-19-31(29)44-34(45)33(40)32(22-3-9-25(37)10-4-22)23-5-11-26(38)12-6-23/h1-12,18-19,27-28,32-33,41H,13-17,20,40H2,(H,43,46)(H,44,45)/t27-,28+,33?/m1/s1. The Balaban J connectivity index is 1.18. The molecule has 48 heavy (non-hydrogen) atoms. The Hall–Kier alpha value is -4.85. The number of hydrogen-bond donors (Lipinski definition) is 4. The first-order valence-electron chi connectivity index (χ1n) is 15.4. The fraction of sp³-hybridized carbons (Fsp3) is 0.286. The monoisotopic (exact) mass is 665 g/mol. The molecule has 0 bridgehead atoms. The van der Waals surface area contributed by atoms with Crippen molar-refractivity contribution < 1.29 is 36.6 Å². The topological polar surface area (TPSA) is 128 Å². The van der Waals surface area contributed by atoms with E-state index in [1.54, 1.807) is 12.1 Å². The van der Waals surface area contributed by atoms with Crippen molar-refractivity contribution in [1.82, 2.24) is 15.6 Å². The number of rotatable bonds is 12. The Bertz CT molecular complexity index is 1630. The van der Waals surface area contributed by atoms with Crippen LogP contribution in [0.15, 0.2) is 85.2 Å². The van der Waals surface area contributed by atoms with E-state index in [2.05, 4.69) is 20.9 Å². The first kappa shape index (κ1) is 34.5. The van der Waals surface area contributed by atoms with Crippen LogP contribution < -0.4 is 21.7 Å². The Morgan fingerprint density at radius 3 is 2.08 bits per heavy atom. The number of carbonyl (C=O) groups excluding carboxylic acids is 2. The molecule has 1 aliphatic rings. The van der Waals surface area contributed by atoms with Crippen LogP contribution in [0.5, 0.6) is 0 Å². The Labute approximate surface area is 274 Å². The normalized spacial score (nSPS) is 16.7. The van der Waals surface area contributed by atoms with Crippen LogP contribution >= 0.6 is 0 Å². The molecule has 1 saturated heterocycles. The number of nitrogens with zero attached hydrogens (tertiary/aromatic N) is 1. The van der Waals surface area contributed by atoms with Crippen LogP contribution in [0.1, 0.15) is 34.6 Å². The summed E-state index contributed by atoms with van der Waals surface area (Å²) in [6.45, 7) is 1.06. The van der Waals surface area contributed by atoms with E-state index in [1.807, 2.05) is 0 Å². The zero-order chi connectivity index (χ0) is 34.0. The summed E-state index contributed by atoms with van der Waals surface area (Å²) >= 11 is 0. The lowest BCUT2D eigenvalue weighted by molar-refractivity contribution is -0.117. The van der Waals surface area contributed by atoms with Gasteiger partial charge in [0.2, 0.25) is 5.91 Å². The number of nitrogens with two attached hydrogens (primary N) is 1. The predicted octanol–water partition coefficient (Wildman–Crippen LogP) is 4.95. The van der Waals surface area contributed by atoms with Crippen molar-refractivity contribution in [2.75, 3.05) is 25.0 Å². The molecule has 1 fully saturated rings. The minimum Gasteiger partial charge on any atom is -0.447 e. The maximum atomic E-state index is 15.1. The molecule has 1 aromatic heterocycles. The molecular weight excluding hydrogens is 630 g/mol. The number of pyridine rings is 1. The van der Waals surface area contributed by atoms with E-state index in [9.17, 15) is 22.8 Å². The zero-order valence-corrected chi connectivity index (χ0v) is 25.8. The number of benzene rings is 3. The number of aromatic nitrogens is 1. The second kappa shape index (κ2) is 16.3. The summed E-state index contributed by atoms with van der Waals surface area (Å²) in [4.78, 5) is 29.5. The van der Waals surface area contributed by atoms with Gasteiger partial charge in [0, 0.05) is 31.1 Å². The van der Waals surface area contributed by atoms with Crippen molar-refractivity contribution in [1.29, 1.82) is 0 Å². The van der Waals surface area contributed by atoms with Crippen molar-refractivity contribution in [2.45, 2.75) is 43.6 Å². The summed E-state index contributed by atoms with van der Waals surface area (Å²) in [5.41, 5.74) is 8.57. The highest BCUT2D eigenvalue weighted by molar-refractivity contribution is 5.96. The van der Waals surface area contributed by atoms with Crippen molar-refractivity contribution in [3.05, 3.63) is 131 Å². The molecule has 5 rings (SSSR count). The Morgan fingerprint density at radius 1 is 0.875 bits per heavy atom. The fourth-order valence-corrected chi connectivity index (χ4v) is 5.48. The van der Waals surface area contributed by atoms with Gasteiger partial charge in [-0.15, -0.1) is 0 Å². The molecule has 1 unspecified atom stereocenters. The molecule has 0 spiro atoms. The molecule has 3 atom stereocenters. The van der Waals surface area contributed by atoms with Crippen LogP contribution in [-0.2, 0) is 27.2 Å². The third-order valence-electron chi connectivity index (χ3n) is 7.98. The average molecular weight is 666 g/mol. The zero-order valence-electron chi connectivity index (χ0n) is 25.8. The number of halogens is 4. The molecule has 1 aliphatic heterocycles. The van der Waals surface area contributed by atoms with Crippen LogP contribution in [0.3, 0.4) is 0 Å². The Morgan fingerprint density at radius 2 is 1.46 bits per heavy atom. The molecule has 5 N–H and O–H groups in total. The number of carbonyl (C=O) groups is 2. The third-order valence-corrected chi connectivity index (χ3v) is 7.98. The van der Waals surface area contributed by atoms with E-state index in [0.29, 0.717) is 36.2 Å². The molecule has 3 aromatic carbocycles. The lowest BCUT2D eigenvalue weighted by Crippen LogP contribution is -2.47. The van der Waals surface area contributed by atoms with Crippen molar-refractivity contribution >= 4 is 17.7 Å². The lowest BCUT2D eigenvalue weighted by Gasteiger charge is -2.31. The van der Waals surface area contributed by atoms with E-state index in [0.717, 1.165) is 6.20 Å². The number of ether oxygens (including phenoxy) is 2. The van der Waals surface area contributed by atoms with Crippen LogP contribution in [-0.4, -0.2) is 54.9 Å². The van der Waals surface area contributed by atoms with Crippen LogP contribution in [0.2, 0.25) is 0 Å². The summed E-state index contributed by atoms with van der Waals surface area (Å²) < 4.78 is 66.9. The summed E-state index contributed by atoms with van der Waals surface area (Å²) in [7, 11) is 0. The van der Waals surface area contributed by atoms with E-state index in [1.165, 1.54) is 66.9 Å². The molecule has 9 nitrogen and oxygen atoms in total. The number of nitrogens with one attached hydrogen (secondary N) is 3. The molecule has 0 radical (unpaired) electrons. The van der Waals surface area contributed by atoms with Gasteiger partial charge >= 0.3 is 6.09 Å². The van der Waals surface area contributed by atoms with Crippen molar-refractivity contribution in [2.24, 2.45) is 5.73 Å². The lowest BCUT2D eigenvalue weighted by atomic mass is 9.85. The predicted molar refractivity (Wildman–Crippen MR) is 170 cm³/mol. The number of alkyl carbamates (subject to hydrolysis) is 1. The maximum absolute atomic E-state index is 15.1. The van der Waals surface area contributed by atoms with Gasteiger partial charge in [-0.2, -0.15) is 0 Å². The van der Waals surface area contributed by atoms with E-state index >= 15 is 4.39 Å². The van der Waals surface area contributed by atoms with Gasteiger partial charge in [0.05, 0.1) is 30.2 Å². The molecule has 0 saturated carbocycles. The molecule has 13 heteroatoms. The van der Waals surface area contributed by atoms with Crippen molar-refractivity contribution in [3.8, 4) is 0 Å². The summed E-state index contributed by atoms with van der Waals surface area (Å²) in [6, 6.07) is 15.5. The number of amides is 2. The van der Waals surface area contributed by atoms with Gasteiger partial charge in [0.1, 0.15) is 36.0 Å². The van der Waals surface area contributed by atoms with E-state index < -0.39 is 47.5 Å². The van der Waals surface area contributed by atoms with Gasteiger partial charge in [0.15, 0.2) is 0 Å². The fourth-order valence-electron chi connectivity index (χ4n) is 5.48. The van der Waals surface area contributed by atoms with E-state index in [4.69, 9.17) is 15.2 Å². The quantitative estimate of drug-likeness (QED) is 0.158. The smallest absolute Gasteiger partial charge is 0.407 e. The molecular formula is C35H35F4N5O4. The van der Waals surface area contributed by atoms with Gasteiger partial charge in [-0.3, -0.25) is 9.78 Å². The largest absolute Gasteiger partial charge is 0.447 e. The number of morpholine rings is 1. The summed E-state index contributed by atoms with van der Waals surface area (Å²) in [6.07, 6.45) is 1.47. The molecule has 2 amide bonds. The van der Waals surface area contributed by atoms with E-state index in [-0.39, 0.29) is 42.7 Å².